The van der Waals surface area contributed by atoms with Crippen LogP contribution in [0.15, 0.2) is 100 Å². The Hall–Kier alpha value is -3.13. The van der Waals surface area contributed by atoms with Crippen molar-refractivity contribution in [1.82, 2.24) is 5.32 Å². The van der Waals surface area contributed by atoms with E-state index in [0.29, 0.717) is 23.6 Å². The van der Waals surface area contributed by atoms with Crippen molar-refractivity contribution in [3.63, 3.8) is 0 Å². The molecule has 1 aromatic rings. The average Bonchev–Trinajstić information content (AvgIpc) is 2.84. The molecule has 2 unspecified atom stereocenters. The molecule has 0 aromatic heterocycles. The number of esters is 1. The van der Waals surface area contributed by atoms with Crippen molar-refractivity contribution in [3.05, 3.63) is 111 Å². The van der Waals surface area contributed by atoms with Gasteiger partial charge >= 0.3 is 5.97 Å². The van der Waals surface area contributed by atoms with Gasteiger partial charge < -0.3 is 20.2 Å². The highest BCUT2D eigenvalue weighted by Gasteiger charge is 2.41. The molecule has 2 aliphatic heterocycles. The van der Waals surface area contributed by atoms with E-state index in [0.717, 1.165) is 39.1 Å². The van der Waals surface area contributed by atoms with Crippen LogP contribution in [0.3, 0.4) is 0 Å². The second kappa shape index (κ2) is 10.4. The first kappa shape index (κ1) is 28.4. The lowest BCUT2D eigenvalue weighted by molar-refractivity contribution is 0.0525. The van der Waals surface area contributed by atoms with Crippen LogP contribution >= 0.6 is 22.6 Å². The average molecular weight is 649 g/mol. The van der Waals surface area contributed by atoms with Crippen molar-refractivity contribution in [2.24, 2.45) is 5.92 Å². The van der Waals surface area contributed by atoms with Gasteiger partial charge in [0.25, 0.3) is 0 Å². The Morgan fingerprint density at radius 1 is 1.23 bits per heavy atom. The zero-order valence-corrected chi connectivity index (χ0v) is 26.4. The van der Waals surface area contributed by atoms with Crippen LogP contribution in [0.1, 0.15) is 64.4 Å². The highest BCUT2D eigenvalue weighted by Crippen LogP contribution is 2.48. The van der Waals surface area contributed by atoms with E-state index in [-0.39, 0.29) is 27.0 Å². The van der Waals surface area contributed by atoms with Crippen LogP contribution < -0.4 is 5.32 Å². The number of benzene rings is 1. The first-order valence-electron chi connectivity index (χ1n) is 13.8. The lowest BCUT2D eigenvalue weighted by Crippen LogP contribution is -2.43. The van der Waals surface area contributed by atoms with Gasteiger partial charge in [0.15, 0.2) is 0 Å². The first-order valence-corrected chi connectivity index (χ1v) is 14.9. The molecular weight excluding hydrogens is 611 g/mol. The maximum absolute atomic E-state index is 13.2. The second-order valence-electron chi connectivity index (χ2n) is 11.9. The monoisotopic (exact) mass is 648 g/mol. The number of nitrogens with one attached hydrogen (secondary N) is 2. The SMILES string of the molecule is CCOC(=O)c1ccccc1C1=C2C=C(/C(C)=C\C(C)(C)I)C(=N)C=C2OC2C=C3NC(C)(C)C=C(C)C3=CC12. The van der Waals surface area contributed by atoms with Crippen molar-refractivity contribution < 1.29 is 14.3 Å². The number of carbonyl (C=O) groups is 1. The third-order valence-corrected chi connectivity index (χ3v) is 7.80. The van der Waals surface area contributed by atoms with E-state index in [4.69, 9.17) is 14.9 Å². The molecule has 2 aliphatic carbocycles. The highest BCUT2D eigenvalue weighted by molar-refractivity contribution is 14.1. The van der Waals surface area contributed by atoms with Crippen molar-refractivity contribution in [2.75, 3.05) is 6.61 Å². The van der Waals surface area contributed by atoms with Gasteiger partial charge in [-0.25, -0.2) is 4.79 Å². The third kappa shape index (κ3) is 5.42. The summed E-state index contributed by atoms with van der Waals surface area (Å²) in [6, 6.07) is 7.67. The summed E-state index contributed by atoms with van der Waals surface area (Å²) in [6.07, 6.45) is 12.5. The quantitative estimate of drug-likeness (QED) is 0.194. The number of rotatable bonds is 5. The smallest absolute Gasteiger partial charge is 0.338 e. The molecule has 0 bridgehead atoms. The normalized spacial score (nSPS) is 23.6. The predicted octanol–water partition coefficient (Wildman–Crippen LogP) is 7.79. The molecule has 0 radical (unpaired) electrons. The van der Waals surface area contributed by atoms with Crippen LogP contribution in [-0.2, 0) is 9.47 Å². The third-order valence-electron chi connectivity index (χ3n) is 7.48. The van der Waals surface area contributed by atoms with Gasteiger partial charge in [0.05, 0.1) is 23.4 Å². The van der Waals surface area contributed by atoms with Gasteiger partial charge in [0.2, 0.25) is 0 Å². The molecule has 2 N–H and O–H groups in total. The van der Waals surface area contributed by atoms with Gasteiger partial charge in [-0.15, -0.1) is 0 Å². The summed E-state index contributed by atoms with van der Waals surface area (Å²) in [4.78, 5) is 13.2. The summed E-state index contributed by atoms with van der Waals surface area (Å²) in [5.41, 5.74) is 8.84. The standard InChI is InChI=1S/C34H37IN2O3/c1-8-39-32(38)22-12-10-9-11-21(22)31-25-13-23(19(2)17-33(4,5)35)27(36)15-29(25)40-30-16-28-24(14-26(30)31)20(3)18-34(6,7)37-28/h9-18,26,30,36-37H,8H2,1-7H3/b19-17-,36-27?. The van der Waals surface area contributed by atoms with Gasteiger partial charge in [0, 0.05) is 32.3 Å². The van der Waals surface area contributed by atoms with Gasteiger partial charge in [-0.2, -0.15) is 0 Å². The topological polar surface area (TPSA) is 71.4 Å². The molecule has 1 aromatic carbocycles. The number of hydrogen-bond donors (Lipinski definition) is 2. The van der Waals surface area contributed by atoms with E-state index in [2.05, 4.69) is 99.8 Å². The Labute approximate surface area is 251 Å². The molecule has 6 heteroatoms. The Kier molecular flexibility index (Phi) is 7.36. The molecule has 208 valence electrons. The fourth-order valence-electron chi connectivity index (χ4n) is 6.09. The maximum atomic E-state index is 13.2. The van der Waals surface area contributed by atoms with Crippen molar-refractivity contribution in [3.8, 4) is 0 Å². The van der Waals surface area contributed by atoms with Gasteiger partial charge in [-0.3, -0.25) is 0 Å². The molecule has 2 atom stereocenters. The summed E-state index contributed by atoms with van der Waals surface area (Å²) in [5, 5.41) is 12.5. The van der Waals surface area contributed by atoms with Crippen LogP contribution in [0.2, 0.25) is 0 Å². The van der Waals surface area contributed by atoms with E-state index >= 15 is 0 Å². The molecule has 0 fully saturated rings. The van der Waals surface area contributed by atoms with E-state index < -0.39 is 0 Å². The van der Waals surface area contributed by atoms with E-state index in [9.17, 15) is 4.79 Å². The minimum atomic E-state index is -0.341. The molecule has 40 heavy (non-hydrogen) atoms. The molecule has 2 heterocycles. The van der Waals surface area contributed by atoms with Crippen LogP contribution in [0.4, 0.5) is 0 Å². The Morgan fingerprint density at radius 3 is 2.65 bits per heavy atom. The summed E-state index contributed by atoms with van der Waals surface area (Å²) in [6.45, 7) is 14.9. The zero-order chi connectivity index (χ0) is 29.0. The number of ether oxygens (including phenoxy) is 2. The summed E-state index contributed by atoms with van der Waals surface area (Å²) in [7, 11) is 0. The van der Waals surface area contributed by atoms with E-state index in [1.807, 2.05) is 37.3 Å². The molecule has 0 saturated carbocycles. The number of alkyl halides is 1. The first-order chi connectivity index (χ1) is 18.8. The van der Waals surface area contributed by atoms with Gasteiger partial charge in [-0.1, -0.05) is 59.0 Å². The summed E-state index contributed by atoms with van der Waals surface area (Å²) in [5.74, 6) is 0.177. The number of hydrogen-bond acceptors (Lipinski definition) is 5. The van der Waals surface area contributed by atoms with E-state index in [1.165, 1.54) is 5.57 Å². The molecule has 5 rings (SSSR count). The highest BCUT2D eigenvalue weighted by atomic mass is 127. The number of fused-ring (bicyclic) bond motifs is 3. The minimum Gasteiger partial charge on any atom is -0.485 e. The summed E-state index contributed by atoms with van der Waals surface area (Å²) >= 11 is 2.41. The van der Waals surface area contributed by atoms with Gasteiger partial charge in [-0.05, 0) is 94.5 Å². The van der Waals surface area contributed by atoms with Crippen molar-refractivity contribution in [2.45, 2.75) is 63.5 Å². The summed E-state index contributed by atoms with van der Waals surface area (Å²) < 4.78 is 12.1. The molecule has 5 nitrogen and oxygen atoms in total. The Balaban J connectivity index is 1.78. The van der Waals surface area contributed by atoms with Crippen molar-refractivity contribution in [1.29, 1.82) is 5.41 Å². The van der Waals surface area contributed by atoms with Crippen LogP contribution in [0.25, 0.3) is 5.57 Å². The second-order valence-corrected chi connectivity index (χ2v) is 14.7. The molecule has 0 amide bonds. The number of allylic oxidation sites excluding steroid dienone is 6. The molecular formula is C34H37IN2O3. The number of halogens is 1. The van der Waals surface area contributed by atoms with Crippen LogP contribution in [0.5, 0.6) is 0 Å². The minimum absolute atomic E-state index is 0.0601. The fourth-order valence-corrected chi connectivity index (χ4v) is 6.56. The largest absolute Gasteiger partial charge is 0.485 e. The Bertz CT molecular complexity index is 1520. The van der Waals surface area contributed by atoms with E-state index in [1.54, 1.807) is 0 Å². The lowest BCUT2D eigenvalue weighted by atomic mass is 9.73. The fraction of sp³-hybridized carbons (Fsp3) is 0.353. The zero-order valence-electron chi connectivity index (χ0n) is 24.2. The van der Waals surface area contributed by atoms with Crippen LogP contribution in [0, 0.1) is 11.3 Å². The maximum Gasteiger partial charge on any atom is 0.338 e. The Morgan fingerprint density at radius 2 is 1.95 bits per heavy atom. The van der Waals surface area contributed by atoms with Gasteiger partial charge in [0.1, 0.15) is 11.9 Å². The number of carbonyl (C=O) groups excluding carboxylic acids is 1. The van der Waals surface area contributed by atoms with Crippen molar-refractivity contribution >= 4 is 39.8 Å². The molecule has 0 saturated heterocycles. The molecule has 4 aliphatic rings. The van der Waals surface area contributed by atoms with Crippen LogP contribution in [-0.4, -0.2) is 33.4 Å². The predicted molar refractivity (Wildman–Crippen MR) is 171 cm³/mol. The lowest BCUT2D eigenvalue weighted by Gasteiger charge is -2.42. The molecule has 0 spiro atoms.